The molecule has 15 heavy (non-hydrogen) atoms. The highest BCUT2D eigenvalue weighted by atomic mass is 35.5. The predicted molar refractivity (Wildman–Crippen MR) is 51.1 cm³/mol. The van der Waals surface area contributed by atoms with Gasteiger partial charge in [0.05, 0.1) is 0 Å². The van der Waals surface area contributed by atoms with Gasteiger partial charge in [-0.1, -0.05) is 11.6 Å². The van der Waals surface area contributed by atoms with Crippen LogP contribution in [-0.2, 0) is 4.79 Å². The largest absolute Gasteiger partial charge is 0.477 e. The van der Waals surface area contributed by atoms with Gasteiger partial charge in [-0.05, 0) is 12.1 Å². The van der Waals surface area contributed by atoms with E-state index < -0.39 is 23.3 Å². The van der Waals surface area contributed by atoms with Crippen LogP contribution < -0.4 is 5.43 Å². The first-order valence-corrected chi connectivity index (χ1v) is 4.05. The zero-order valence-corrected chi connectivity index (χ0v) is 7.92. The molecule has 0 bridgehead atoms. The Bertz CT molecular complexity index is 400. The lowest BCUT2D eigenvalue weighted by atomic mass is 10.3. The van der Waals surface area contributed by atoms with Gasteiger partial charge in [0.2, 0.25) is 0 Å². The molecule has 1 aromatic rings. The first-order chi connectivity index (χ1) is 7.00. The SMILES string of the molecule is O=C(O)/C=N/Nc1c(F)cc(Cl)cc1F. The quantitative estimate of drug-likeness (QED) is 0.622. The van der Waals surface area contributed by atoms with Crippen molar-refractivity contribution in [1.29, 1.82) is 0 Å². The number of benzene rings is 1. The minimum Gasteiger partial charge on any atom is -0.477 e. The number of aliphatic carboxylic acids is 1. The average Bonchev–Trinajstić information content (AvgIpc) is 2.08. The van der Waals surface area contributed by atoms with E-state index in [4.69, 9.17) is 16.7 Å². The molecule has 0 aliphatic rings. The molecule has 0 unspecified atom stereocenters. The maximum absolute atomic E-state index is 13.0. The lowest BCUT2D eigenvalue weighted by molar-refractivity contribution is -0.128. The summed E-state index contributed by atoms with van der Waals surface area (Å²) in [6.45, 7) is 0. The van der Waals surface area contributed by atoms with E-state index in [1.165, 1.54) is 0 Å². The second kappa shape index (κ2) is 4.70. The van der Waals surface area contributed by atoms with Crippen LogP contribution in [0.4, 0.5) is 14.5 Å². The third-order valence-corrected chi connectivity index (χ3v) is 1.58. The van der Waals surface area contributed by atoms with Crippen LogP contribution >= 0.6 is 11.6 Å². The molecule has 0 fully saturated rings. The van der Waals surface area contributed by atoms with Gasteiger partial charge in [0.1, 0.15) is 11.9 Å². The number of halogens is 3. The van der Waals surface area contributed by atoms with Crippen molar-refractivity contribution in [1.82, 2.24) is 0 Å². The molecule has 0 aromatic heterocycles. The van der Waals surface area contributed by atoms with Crippen LogP contribution in [0.25, 0.3) is 0 Å². The van der Waals surface area contributed by atoms with Gasteiger partial charge in [0, 0.05) is 5.02 Å². The number of nitrogens with one attached hydrogen (secondary N) is 1. The number of carbonyl (C=O) groups is 1. The summed E-state index contributed by atoms with van der Waals surface area (Å²) in [4.78, 5) is 10.0. The van der Waals surface area contributed by atoms with Crippen LogP contribution in [0.1, 0.15) is 0 Å². The second-order valence-corrected chi connectivity index (χ2v) is 2.89. The van der Waals surface area contributed by atoms with Gasteiger partial charge in [0.15, 0.2) is 11.6 Å². The van der Waals surface area contributed by atoms with Crippen molar-refractivity contribution < 1.29 is 18.7 Å². The third-order valence-electron chi connectivity index (χ3n) is 1.36. The summed E-state index contributed by atoms with van der Waals surface area (Å²) in [6.07, 6.45) is 0.466. The Morgan fingerprint density at radius 3 is 2.47 bits per heavy atom. The lowest BCUT2D eigenvalue weighted by Gasteiger charge is -2.03. The second-order valence-electron chi connectivity index (χ2n) is 2.45. The minimum absolute atomic E-state index is 0.0993. The van der Waals surface area contributed by atoms with Crippen LogP contribution in [0.2, 0.25) is 5.02 Å². The van der Waals surface area contributed by atoms with Crippen molar-refractivity contribution >= 4 is 29.5 Å². The van der Waals surface area contributed by atoms with Crippen molar-refractivity contribution in [3.8, 4) is 0 Å². The smallest absolute Gasteiger partial charge is 0.348 e. The molecular formula is C8H5ClF2N2O2. The Kier molecular flexibility index (Phi) is 3.56. The van der Waals surface area contributed by atoms with E-state index in [2.05, 4.69) is 5.10 Å². The van der Waals surface area contributed by atoms with Gasteiger partial charge >= 0.3 is 5.97 Å². The molecule has 1 rings (SSSR count). The van der Waals surface area contributed by atoms with E-state index in [0.717, 1.165) is 12.1 Å². The van der Waals surface area contributed by atoms with Crippen LogP contribution in [0.15, 0.2) is 17.2 Å². The van der Waals surface area contributed by atoms with E-state index in [9.17, 15) is 13.6 Å². The van der Waals surface area contributed by atoms with Gasteiger partial charge < -0.3 is 5.11 Å². The highest BCUT2D eigenvalue weighted by Gasteiger charge is 2.09. The van der Waals surface area contributed by atoms with Gasteiger partial charge in [0.25, 0.3) is 0 Å². The molecule has 0 saturated carbocycles. The lowest BCUT2D eigenvalue weighted by Crippen LogP contribution is -2.01. The summed E-state index contributed by atoms with van der Waals surface area (Å²) in [5.74, 6) is -3.25. The molecule has 2 N–H and O–H groups in total. The number of hydrogen-bond donors (Lipinski definition) is 2. The van der Waals surface area contributed by atoms with Crippen molar-refractivity contribution in [3.05, 3.63) is 28.8 Å². The van der Waals surface area contributed by atoms with Gasteiger partial charge in [-0.3, -0.25) is 5.43 Å². The summed E-state index contributed by atoms with van der Waals surface area (Å²) in [6, 6.07) is 1.76. The Morgan fingerprint density at radius 2 is 2.00 bits per heavy atom. The molecule has 0 aliphatic carbocycles. The van der Waals surface area contributed by atoms with Crippen molar-refractivity contribution in [2.75, 3.05) is 5.43 Å². The molecule has 0 saturated heterocycles. The van der Waals surface area contributed by atoms with E-state index in [1.807, 2.05) is 5.43 Å². The van der Waals surface area contributed by atoms with E-state index in [-0.39, 0.29) is 5.02 Å². The van der Waals surface area contributed by atoms with Crippen molar-refractivity contribution in [2.45, 2.75) is 0 Å². The van der Waals surface area contributed by atoms with Gasteiger partial charge in [-0.25, -0.2) is 13.6 Å². The molecule has 1 aromatic carbocycles. The number of carboxylic acids is 1. The maximum Gasteiger partial charge on any atom is 0.348 e. The Hall–Kier alpha value is -1.69. The van der Waals surface area contributed by atoms with E-state index >= 15 is 0 Å². The number of hydrazone groups is 1. The molecule has 0 heterocycles. The third kappa shape index (κ3) is 3.17. The molecule has 80 valence electrons. The summed E-state index contributed by atoms with van der Waals surface area (Å²) < 4.78 is 26.1. The zero-order valence-electron chi connectivity index (χ0n) is 7.17. The Labute approximate surface area is 88.2 Å². The van der Waals surface area contributed by atoms with Crippen molar-refractivity contribution in [2.24, 2.45) is 5.10 Å². The maximum atomic E-state index is 13.0. The van der Waals surface area contributed by atoms with Gasteiger partial charge in [-0.2, -0.15) is 5.10 Å². The number of rotatable bonds is 3. The summed E-state index contributed by atoms with van der Waals surface area (Å²) in [5.41, 5.74) is 1.36. The summed E-state index contributed by atoms with van der Waals surface area (Å²) in [7, 11) is 0. The van der Waals surface area contributed by atoms with Crippen LogP contribution in [0.5, 0.6) is 0 Å². The molecule has 7 heteroatoms. The topological polar surface area (TPSA) is 61.7 Å². The minimum atomic E-state index is -1.34. The molecule has 0 aliphatic heterocycles. The first-order valence-electron chi connectivity index (χ1n) is 3.67. The molecule has 4 nitrogen and oxygen atoms in total. The molecule has 0 spiro atoms. The first kappa shape index (κ1) is 11.4. The fraction of sp³-hybridized carbons (Fsp3) is 0. The fourth-order valence-electron chi connectivity index (χ4n) is 0.801. The molecule has 0 atom stereocenters. The fourth-order valence-corrected chi connectivity index (χ4v) is 0.993. The molecule has 0 amide bonds. The van der Waals surface area contributed by atoms with Gasteiger partial charge in [-0.15, -0.1) is 0 Å². The standard InChI is InChI=1S/C8H5ClF2N2O2/c9-4-1-5(10)8(6(11)2-4)13-12-3-7(14)15/h1-3,13H,(H,14,15)/b12-3+. The number of hydrogen-bond acceptors (Lipinski definition) is 3. The van der Waals surface area contributed by atoms with Crippen LogP contribution in [-0.4, -0.2) is 17.3 Å². The van der Waals surface area contributed by atoms with E-state index in [1.54, 1.807) is 0 Å². The highest BCUT2D eigenvalue weighted by Crippen LogP contribution is 2.23. The molecule has 0 radical (unpaired) electrons. The number of carboxylic acid groups (broad SMARTS) is 1. The van der Waals surface area contributed by atoms with Crippen molar-refractivity contribution in [3.63, 3.8) is 0 Å². The zero-order chi connectivity index (χ0) is 11.4. The number of anilines is 1. The van der Waals surface area contributed by atoms with E-state index in [0.29, 0.717) is 6.21 Å². The Morgan fingerprint density at radius 1 is 1.47 bits per heavy atom. The molecular weight excluding hydrogens is 230 g/mol. The van der Waals surface area contributed by atoms with Crippen LogP contribution in [0, 0.1) is 11.6 Å². The van der Waals surface area contributed by atoms with Crippen LogP contribution in [0.3, 0.4) is 0 Å². The Balaban J connectivity index is 2.90. The monoisotopic (exact) mass is 234 g/mol. The highest BCUT2D eigenvalue weighted by molar-refractivity contribution is 6.30. The summed E-state index contributed by atoms with van der Waals surface area (Å²) in [5, 5.41) is 11.2. The number of nitrogens with zero attached hydrogens (tertiary/aromatic N) is 1. The summed E-state index contributed by atoms with van der Waals surface area (Å²) >= 11 is 5.37. The predicted octanol–water partition coefficient (Wildman–Crippen LogP) is 2.10. The average molecular weight is 235 g/mol. The normalized spacial score (nSPS) is 10.6.